The van der Waals surface area contributed by atoms with E-state index in [4.69, 9.17) is 4.74 Å². The Kier molecular flexibility index (Phi) is 6.41. The molecule has 4 aromatic rings. The van der Waals surface area contributed by atoms with Crippen LogP contribution in [0.15, 0.2) is 67.1 Å². The molecule has 148 valence electrons. The molecule has 1 N–H and O–H groups in total. The summed E-state index contributed by atoms with van der Waals surface area (Å²) >= 11 is 0. The number of halogens is 1. The number of fused-ring (bicyclic) bond motifs is 1. The van der Waals surface area contributed by atoms with Crippen molar-refractivity contribution in [2.75, 3.05) is 11.9 Å². The number of hydrogen-bond acceptors (Lipinski definition) is 6. The number of hydrogen-bond donors (Lipinski definition) is 1. The Labute approximate surface area is 174 Å². The first kappa shape index (κ1) is 20.3. The number of benzene rings is 2. The topological polar surface area (TPSA) is 81.9 Å². The lowest BCUT2D eigenvalue weighted by Gasteiger charge is -2.08. The zero-order valence-electron chi connectivity index (χ0n) is 15.8. The number of esters is 1. The molecule has 0 atom stereocenters. The van der Waals surface area contributed by atoms with Gasteiger partial charge in [0.05, 0.1) is 30.3 Å². The van der Waals surface area contributed by atoms with Gasteiger partial charge >= 0.3 is 5.97 Å². The summed E-state index contributed by atoms with van der Waals surface area (Å²) < 4.78 is 6.85. The quantitative estimate of drug-likeness (QED) is 0.480. The van der Waals surface area contributed by atoms with Crippen LogP contribution in [0.25, 0.3) is 11.0 Å². The molecule has 4 rings (SSSR count). The summed E-state index contributed by atoms with van der Waals surface area (Å²) in [6.07, 6.45) is 3.27. The van der Waals surface area contributed by atoms with Gasteiger partial charge in [-0.3, -0.25) is 0 Å². The van der Waals surface area contributed by atoms with Crippen molar-refractivity contribution in [1.29, 1.82) is 0 Å². The largest absolute Gasteiger partial charge is 0.462 e. The highest BCUT2D eigenvalue weighted by Crippen LogP contribution is 2.23. The molecule has 8 heteroatoms. The van der Waals surface area contributed by atoms with Gasteiger partial charge < -0.3 is 10.1 Å². The monoisotopic (exact) mass is 409 g/mol. The minimum atomic E-state index is -0.333. The zero-order chi connectivity index (χ0) is 19.3. The Hall–Kier alpha value is -3.45. The lowest BCUT2D eigenvalue weighted by Crippen LogP contribution is -2.04. The average molecular weight is 410 g/mol. The molecule has 0 fully saturated rings. The van der Waals surface area contributed by atoms with Gasteiger partial charge in [0.25, 0.3) is 0 Å². The number of carbonyl (C=O) groups excluding carboxylic acids is 1. The molecule has 29 heavy (non-hydrogen) atoms. The fourth-order valence-corrected chi connectivity index (χ4v) is 2.91. The number of anilines is 2. The predicted octanol–water partition coefficient (Wildman–Crippen LogP) is 4.22. The standard InChI is InChI=1S/C21H19N5O2.ClH/c1-2-28-21(27)16-8-10-17(11-9-16)25-19-18-12-24-26(20(18)23-14-22-19)13-15-6-4-3-5-7-15;/h3-12,14H,2,13H2,1H3,(H,22,23,25);1H. The summed E-state index contributed by atoms with van der Waals surface area (Å²) in [5.41, 5.74) is 3.22. The highest BCUT2D eigenvalue weighted by atomic mass is 35.5. The van der Waals surface area contributed by atoms with Crippen LogP contribution < -0.4 is 5.32 Å². The van der Waals surface area contributed by atoms with Crippen molar-refractivity contribution in [3.8, 4) is 0 Å². The predicted molar refractivity (Wildman–Crippen MR) is 114 cm³/mol. The van der Waals surface area contributed by atoms with Gasteiger partial charge in [0.2, 0.25) is 0 Å². The number of carbonyl (C=O) groups is 1. The third-order valence-corrected chi connectivity index (χ3v) is 4.27. The van der Waals surface area contributed by atoms with Crippen molar-refractivity contribution in [2.24, 2.45) is 0 Å². The van der Waals surface area contributed by atoms with Gasteiger partial charge in [0.1, 0.15) is 12.1 Å². The Morgan fingerprint density at radius 2 is 1.83 bits per heavy atom. The number of rotatable bonds is 6. The van der Waals surface area contributed by atoms with Crippen LogP contribution in [0.5, 0.6) is 0 Å². The number of aromatic nitrogens is 4. The van der Waals surface area contributed by atoms with Gasteiger partial charge in [0, 0.05) is 5.69 Å². The molecule has 0 saturated heterocycles. The fraction of sp³-hybridized carbons (Fsp3) is 0.143. The summed E-state index contributed by atoms with van der Waals surface area (Å²) in [5, 5.41) is 8.56. The van der Waals surface area contributed by atoms with Gasteiger partial charge in [0.15, 0.2) is 5.65 Å². The van der Waals surface area contributed by atoms with Gasteiger partial charge in [-0.25, -0.2) is 19.4 Å². The van der Waals surface area contributed by atoms with E-state index >= 15 is 0 Å². The van der Waals surface area contributed by atoms with E-state index in [0.29, 0.717) is 24.5 Å². The first-order valence-corrected chi connectivity index (χ1v) is 8.99. The summed E-state index contributed by atoms with van der Waals surface area (Å²) in [6, 6.07) is 17.2. The van der Waals surface area contributed by atoms with E-state index in [2.05, 4.69) is 32.5 Å². The van der Waals surface area contributed by atoms with Gasteiger partial charge in [-0.1, -0.05) is 30.3 Å². The Balaban J connectivity index is 0.00000240. The van der Waals surface area contributed by atoms with Gasteiger partial charge in [-0.05, 0) is 36.8 Å². The second-order valence-corrected chi connectivity index (χ2v) is 6.17. The van der Waals surface area contributed by atoms with E-state index < -0.39 is 0 Å². The first-order chi connectivity index (χ1) is 13.7. The van der Waals surface area contributed by atoms with Crippen LogP contribution in [-0.2, 0) is 11.3 Å². The van der Waals surface area contributed by atoms with Crippen molar-refractivity contribution in [3.63, 3.8) is 0 Å². The molecule has 0 aliphatic heterocycles. The van der Waals surface area contributed by atoms with Crippen molar-refractivity contribution >= 4 is 40.9 Å². The number of nitrogens with zero attached hydrogens (tertiary/aromatic N) is 4. The normalized spacial score (nSPS) is 10.4. The van der Waals surface area contributed by atoms with E-state index in [1.54, 1.807) is 25.3 Å². The molecule has 2 aromatic carbocycles. The van der Waals surface area contributed by atoms with E-state index in [-0.39, 0.29) is 18.4 Å². The van der Waals surface area contributed by atoms with Crippen molar-refractivity contribution in [3.05, 3.63) is 78.2 Å². The Morgan fingerprint density at radius 3 is 2.55 bits per heavy atom. The molecular formula is C21H20ClN5O2. The summed E-state index contributed by atoms with van der Waals surface area (Å²) in [6.45, 7) is 2.77. The van der Waals surface area contributed by atoms with Crippen LogP contribution in [0.1, 0.15) is 22.8 Å². The molecule has 2 aromatic heterocycles. The molecule has 0 radical (unpaired) electrons. The lowest BCUT2D eigenvalue weighted by molar-refractivity contribution is 0.0526. The average Bonchev–Trinajstić information content (AvgIpc) is 3.13. The minimum absolute atomic E-state index is 0. The Bertz CT molecular complexity index is 1100. The first-order valence-electron chi connectivity index (χ1n) is 8.99. The molecule has 7 nitrogen and oxygen atoms in total. The van der Waals surface area contributed by atoms with Gasteiger partial charge in [-0.2, -0.15) is 5.10 Å². The SMILES string of the molecule is CCOC(=O)c1ccc(Nc2ncnc3c2cnn3Cc2ccccc2)cc1.Cl. The summed E-state index contributed by atoms with van der Waals surface area (Å²) in [5.74, 6) is 0.328. The highest BCUT2D eigenvalue weighted by Gasteiger charge is 2.11. The van der Waals surface area contributed by atoms with E-state index in [0.717, 1.165) is 22.3 Å². The van der Waals surface area contributed by atoms with Gasteiger partial charge in [-0.15, -0.1) is 12.4 Å². The smallest absolute Gasteiger partial charge is 0.338 e. The molecule has 0 saturated carbocycles. The molecular weight excluding hydrogens is 390 g/mol. The molecule has 0 aliphatic rings. The maximum absolute atomic E-state index is 11.8. The molecule has 0 aliphatic carbocycles. The third kappa shape index (κ3) is 4.52. The van der Waals surface area contributed by atoms with Crippen LogP contribution >= 0.6 is 12.4 Å². The Morgan fingerprint density at radius 1 is 1.07 bits per heavy atom. The molecule has 2 heterocycles. The van der Waals surface area contributed by atoms with Crippen LogP contribution in [0, 0.1) is 0 Å². The van der Waals surface area contributed by atoms with Crippen LogP contribution in [0.3, 0.4) is 0 Å². The van der Waals surface area contributed by atoms with E-state index in [1.165, 1.54) is 6.33 Å². The van der Waals surface area contributed by atoms with Crippen LogP contribution in [0.4, 0.5) is 11.5 Å². The third-order valence-electron chi connectivity index (χ3n) is 4.27. The maximum atomic E-state index is 11.8. The lowest BCUT2D eigenvalue weighted by atomic mass is 10.2. The molecule has 0 unspecified atom stereocenters. The van der Waals surface area contributed by atoms with Crippen molar-refractivity contribution in [2.45, 2.75) is 13.5 Å². The molecule has 0 amide bonds. The van der Waals surface area contributed by atoms with Crippen molar-refractivity contribution in [1.82, 2.24) is 19.7 Å². The highest BCUT2D eigenvalue weighted by molar-refractivity contribution is 5.91. The van der Waals surface area contributed by atoms with Crippen molar-refractivity contribution < 1.29 is 9.53 Å². The second-order valence-electron chi connectivity index (χ2n) is 6.17. The van der Waals surface area contributed by atoms with E-state index in [1.807, 2.05) is 35.0 Å². The van der Waals surface area contributed by atoms with E-state index in [9.17, 15) is 4.79 Å². The summed E-state index contributed by atoms with van der Waals surface area (Å²) in [7, 11) is 0. The second kappa shape index (κ2) is 9.16. The molecule has 0 spiro atoms. The fourth-order valence-electron chi connectivity index (χ4n) is 2.91. The van der Waals surface area contributed by atoms with Crippen LogP contribution in [0.2, 0.25) is 0 Å². The summed E-state index contributed by atoms with van der Waals surface area (Å²) in [4.78, 5) is 20.5. The maximum Gasteiger partial charge on any atom is 0.338 e. The molecule has 0 bridgehead atoms. The van der Waals surface area contributed by atoms with Crippen LogP contribution in [-0.4, -0.2) is 32.3 Å². The zero-order valence-corrected chi connectivity index (χ0v) is 16.6. The number of nitrogens with one attached hydrogen (secondary N) is 1. The number of ether oxygens (including phenoxy) is 1. The minimum Gasteiger partial charge on any atom is -0.462 e.